The van der Waals surface area contributed by atoms with E-state index in [1.165, 1.54) is 265 Å². The van der Waals surface area contributed by atoms with Crippen molar-refractivity contribution in [2.75, 3.05) is 0 Å². The van der Waals surface area contributed by atoms with Crippen LogP contribution in [-0.2, 0) is 21.6 Å². The molecule has 692 valence electrons. The monoisotopic (exact) mass is 1970 g/mol. The predicted molar refractivity (Wildman–Crippen MR) is 634 cm³/mol. The Morgan fingerprint density at radius 1 is 0.154 bits per heavy atom. The number of hydrogen-bond donors (Lipinski definition) is 0. The summed E-state index contributed by atoms with van der Waals surface area (Å²) >= 11 is 9.55. The van der Waals surface area contributed by atoms with Crippen LogP contribution < -0.4 is 0 Å². The molecule has 0 radical (unpaired) electrons. The molecule has 23 aromatic carbocycles. The highest BCUT2D eigenvalue weighted by molar-refractivity contribution is 7.86. The SMILES string of the molecule is Cc1cc2sc3cc(C)c4cc5ccccc5cc4c3c2c2ccccc12.Cc1ccc2c(c1)-c1cc(C)ccc1S2=O.Cc1ccc2c(c1)S(=O)c1cc(C)ccc1-2.Cc1ccc2c(c1)sc1cc(C)c3cc4ccccc4cc3c12.Cc1ccc2c(ccc3c4ccc(C)cc4sc23)c1.Cc1ccc2cc3c(cc2c1)sc1cc(C)ccc13.Cc1ccc2cc3c(cc2c1)sc1cc2cc(C)ccc2cc13. The molecule has 5 aromatic heterocycles. The minimum atomic E-state index is -0.993. The van der Waals surface area contributed by atoms with Gasteiger partial charge in [0.25, 0.3) is 0 Å². The molecule has 0 amide bonds. The fraction of sp³-hybridized carbons (Fsp3) is 0.104. The molecule has 7 heterocycles. The maximum absolute atomic E-state index is 12.3. The Hall–Kier alpha value is -14.2. The summed E-state index contributed by atoms with van der Waals surface area (Å²) in [5.41, 5.74) is 22.6. The molecule has 9 heteroatoms. The molecular formula is C134H102O2S7. The smallest absolute Gasteiger partial charge is 0.0862 e. The maximum atomic E-state index is 12.3. The van der Waals surface area contributed by atoms with Crippen molar-refractivity contribution in [3.05, 3.63) is 442 Å². The third kappa shape index (κ3) is 16.8. The molecule has 0 N–H and O–H groups in total. The molecule has 0 aliphatic carbocycles. The third-order valence-corrected chi connectivity index (χ3v) is 37.4. The average molecular weight is 1970 g/mol. The van der Waals surface area contributed by atoms with Crippen molar-refractivity contribution in [1.29, 1.82) is 0 Å². The van der Waals surface area contributed by atoms with Gasteiger partial charge >= 0.3 is 0 Å². The fourth-order valence-electron chi connectivity index (χ4n) is 21.5. The molecule has 0 unspecified atom stereocenters. The second kappa shape index (κ2) is 36.6. The van der Waals surface area contributed by atoms with E-state index in [-0.39, 0.29) is 0 Å². The first-order chi connectivity index (χ1) is 69.3. The zero-order valence-corrected chi connectivity index (χ0v) is 88.0. The molecule has 0 fully saturated rings. The van der Waals surface area contributed by atoms with Crippen LogP contribution in [0.3, 0.4) is 0 Å². The predicted octanol–water partition coefficient (Wildman–Crippen LogP) is 40.6. The fourth-order valence-corrected chi connectivity index (χ4v) is 30.9. The summed E-state index contributed by atoms with van der Waals surface area (Å²) < 4.78 is 38.4. The van der Waals surface area contributed by atoms with Gasteiger partial charge in [0.2, 0.25) is 0 Å². The molecule has 0 saturated carbocycles. The highest BCUT2D eigenvalue weighted by atomic mass is 32.2. The topological polar surface area (TPSA) is 34.1 Å². The van der Waals surface area contributed by atoms with Gasteiger partial charge < -0.3 is 0 Å². The van der Waals surface area contributed by atoms with Crippen LogP contribution in [0.15, 0.2) is 384 Å². The number of fused-ring (bicyclic) bond motifs is 34. The number of aryl methyl sites for hydroxylation is 14. The molecule has 2 aliphatic rings. The van der Waals surface area contributed by atoms with Gasteiger partial charge in [-0.1, -0.05) is 276 Å². The molecule has 0 saturated heterocycles. The number of rotatable bonds is 0. The van der Waals surface area contributed by atoms with Crippen molar-refractivity contribution in [3.63, 3.8) is 0 Å². The van der Waals surface area contributed by atoms with Crippen LogP contribution in [0.5, 0.6) is 0 Å². The number of benzene rings is 23. The second-order valence-corrected chi connectivity index (χ2v) is 47.8. The highest BCUT2D eigenvalue weighted by Gasteiger charge is 2.28. The Labute approximate surface area is 857 Å². The summed E-state index contributed by atoms with van der Waals surface area (Å²) in [6.45, 7) is 30.0. The van der Waals surface area contributed by atoms with E-state index in [1.807, 2.05) is 107 Å². The summed E-state index contributed by atoms with van der Waals surface area (Å²) in [7, 11) is -1.98. The van der Waals surface area contributed by atoms with Crippen LogP contribution in [0.25, 0.3) is 220 Å². The highest BCUT2D eigenvalue weighted by Crippen LogP contribution is 2.50. The van der Waals surface area contributed by atoms with Gasteiger partial charge in [-0.3, -0.25) is 0 Å². The zero-order chi connectivity index (χ0) is 97.8. The molecule has 2 aliphatic heterocycles. The maximum Gasteiger partial charge on any atom is 0.0862 e. The van der Waals surface area contributed by atoms with Crippen molar-refractivity contribution in [2.45, 2.75) is 117 Å². The van der Waals surface area contributed by atoms with Crippen LogP contribution in [0, 0.1) is 96.9 Å². The standard InChI is InChI=1S/C26H18S.2C22H16S.2C18H14S.2C14H12OS/c1-15-11-23-25(20-10-6-5-9-19(15)20)26-22-14-18-8-4-3-7-17(18)13-21(22)16(2)12-24(26)27-23;1-13-3-5-15-9-19-20-10-16-6-4-14(2)8-18(16)12-22(20)23-21(19)11-17(15)7-13;1-13-7-8-17-20(9-13)23-21-10-14(2)18-11-15-5-3-4-6-16(15)12-19(18)22(17)21;1-11-3-6-14-13(9-11)5-8-16-15-7-4-12(2)10-17(15)19-18(14)16;1-11-3-5-13-9-16-15-6-4-12(2)8-17(15)19-18(16)10-14(13)7-11;1-9-3-5-13-11(7-9)12-8-10(2)4-6-14(12)16(13)15;1-9-3-5-11-12-6-4-10(2)8-14(12)16(15)13(11)7-9/h3-14H,1-2H3;2*3-12H,1-2H3;2*3-10H,1-2H3;2*3-8H,1-2H3. The van der Waals surface area contributed by atoms with E-state index in [9.17, 15) is 8.42 Å². The summed E-state index contributed by atoms with van der Waals surface area (Å²) in [5, 5.41) is 38.1. The lowest BCUT2D eigenvalue weighted by atomic mass is 9.94. The van der Waals surface area contributed by atoms with Gasteiger partial charge in [-0.15, -0.1) is 56.7 Å². The lowest BCUT2D eigenvalue weighted by Crippen LogP contribution is -1.87. The lowest BCUT2D eigenvalue weighted by molar-refractivity contribution is 0.684. The van der Waals surface area contributed by atoms with E-state index in [2.05, 4.69) is 411 Å². The molecule has 2 nitrogen and oxygen atoms in total. The van der Waals surface area contributed by atoms with Crippen molar-refractivity contribution in [1.82, 2.24) is 0 Å². The molecular weight excluding hydrogens is 1870 g/mol. The summed E-state index contributed by atoms with van der Waals surface area (Å²) in [6, 6.07) is 133. The second-order valence-electron chi connectivity index (χ2n) is 39.5. The molecule has 0 atom stereocenters. The molecule has 28 aromatic rings. The summed E-state index contributed by atoms with van der Waals surface area (Å²) in [6.07, 6.45) is 0. The van der Waals surface area contributed by atoms with Gasteiger partial charge in [0.1, 0.15) is 0 Å². The van der Waals surface area contributed by atoms with E-state index >= 15 is 0 Å². The Bertz CT molecular complexity index is 10100. The largest absolute Gasteiger partial charge is 0.249 e. The van der Waals surface area contributed by atoms with Gasteiger partial charge in [0.15, 0.2) is 0 Å². The average Bonchev–Trinajstić information content (AvgIpc) is 1.58. The zero-order valence-electron chi connectivity index (χ0n) is 82.3. The first-order valence-corrected chi connectivity index (χ1v) is 55.3. The molecule has 143 heavy (non-hydrogen) atoms. The van der Waals surface area contributed by atoms with E-state index < -0.39 is 21.6 Å². The van der Waals surface area contributed by atoms with Gasteiger partial charge in [0.05, 0.1) is 41.2 Å². The van der Waals surface area contributed by atoms with Crippen LogP contribution >= 0.6 is 56.7 Å². The number of hydrogen-bond acceptors (Lipinski definition) is 7. The third-order valence-electron chi connectivity index (χ3n) is 28.8. The van der Waals surface area contributed by atoms with Gasteiger partial charge in [-0.05, 0) is 382 Å². The summed E-state index contributed by atoms with van der Waals surface area (Å²) in [5.74, 6) is 0. The minimum Gasteiger partial charge on any atom is -0.249 e. The van der Waals surface area contributed by atoms with Crippen LogP contribution in [0.1, 0.15) is 77.9 Å². The van der Waals surface area contributed by atoms with E-state index in [1.54, 1.807) is 0 Å². The Kier molecular flexibility index (Phi) is 23.4. The van der Waals surface area contributed by atoms with Gasteiger partial charge in [-0.25, -0.2) is 8.42 Å². The molecule has 30 rings (SSSR count). The Morgan fingerprint density at radius 2 is 0.441 bits per heavy atom. The minimum absolute atomic E-state index is 0.950. The van der Waals surface area contributed by atoms with Crippen LogP contribution in [-0.4, -0.2) is 8.42 Å². The Morgan fingerprint density at radius 3 is 0.923 bits per heavy atom. The first kappa shape index (κ1) is 91.3. The molecule has 0 spiro atoms. The Balaban J connectivity index is 0.0000000906. The van der Waals surface area contributed by atoms with Gasteiger partial charge in [-0.2, -0.15) is 0 Å². The molecule has 0 bridgehead atoms. The van der Waals surface area contributed by atoms with Crippen LogP contribution in [0.4, 0.5) is 0 Å². The first-order valence-electron chi connectivity index (χ1n) is 49.0. The van der Waals surface area contributed by atoms with E-state index in [0.717, 1.165) is 53.0 Å². The summed E-state index contributed by atoms with van der Waals surface area (Å²) in [4.78, 5) is 3.82. The van der Waals surface area contributed by atoms with Crippen molar-refractivity contribution >= 4 is 276 Å². The van der Waals surface area contributed by atoms with Crippen molar-refractivity contribution < 1.29 is 8.42 Å². The normalized spacial score (nSPS) is 12.3. The van der Waals surface area contributed by atoms with E-state index in [4.69, 9.17) is 0 Å². The quantitative estimate of drug-likeness (QED) is 0.142. The van der Waals surface area contributed by atoms with E-state index in [0.29, 0.717) is 0 Å². The van der Waals surface area contributed by atoms with Crippen molar-refractivity contribution in [2.24, 2.45) is 0 Å². The van der Waals surface area contributed by atoms with Crippen LogP contribution in [0.2, 0.25) is 0 Å². The lowest BCUT2D eigenvalue weighted by Gasteiger charge is -2.09. The van der Waals surface area contributed by atoms with Crippen molar-refractivity contribution in [3.8, 4) is 22.3 Å². The number of thiophene rings is 5. The van der Waals surface area contributed by atoms with Gasteiger partial charge in [0, 0.05) is 101 Å².